The number of benzene rings is 1. The van der Waals surface area contributed by atoms with Crippen LogP contribution in [-0.2, 0) is 0 Å². The summed E-state index contributed by atoms with van der Waals surface area (Å²) in [5.74, 6) is 0. The lowest BCUT2D eigenvalue weighted by molar-refractivity contribution is 0.171. The van der Waals surface area contributed by atoms with E-state index in [1.807, 2.05) is 11.8 Å². The largest absolute Gasteiger partial charge is 0.396 e. The van der Waals surface area contributed by atoms with Crippen LogP contribution in [0, 0.1) is 5.41 Å². The Morgan fingerprint density at radius 3 is 2.63 bits per heavy atom. The fourth-order valence-corrected chi connectivity index (χ4v) is 3.64. The third-order valence-corrected chi connectivity index (χ3v) is 5.08. The van der Waals surface area contributed by atoms with E-state index in [-0.39, 0.29) is 12.0 Å². The first kappa shape index (κ1) is 14.7. The van der Waals surface area contributed by atoms with Crippen LogP contribution in [0.3, 0.4) is 0 Å². The number of hydrogen-bond acceptors (Lipinski definition) is 3. The number of aliphatic hydroxyl groups is 1. The average Bonchev–Trinajstić information content (AvgIpc) is 2.91. The Balaban J connectivity index is 1.99. The van der Waals surface area contributed by atoms with Crippen molar-refractivity contribution in [1.29, 1.82) is 0 Å². The number of hydrogen-bond donors (Lipinski definition) is 2. The molecule has 1 fully saturated rings. The quantitative estimate of drug-likeness (QED) is 0.820. The molecule has 0 aromatic heterocycles. The summed E-state index contributed by atoms with van der Waals surface area (Å²) >= 11 is 2.01. The van der Waals surface area contributed by atoms with Crippen molar-refractivity contribution >= 4 is 17.4 Å². The normalized spacial score (nSPS) is 16.8. The van der Waals surface area contributed by atoms with Crippen molar-refractivity contribution in [1.82, 2.24) is 0 Å². The number of rotatable bonds is 6. The van der Waals surface area contributed by atoms with Crippen LogP contribution in [0.15, 0.2) is 29.2 Å². The van der Waals surface area contributed by atoms with Gasteiger partial charge in [-0.25, -0.2) is 0 Å². The van der Waals surface area contributed by atoms with Crippen molar-refractivity contribution < 1.29 is 5.11 Å². The SMILES string of the molecule is CC(C)(CO)CNc1ccccc1SC1CCCC1. The van der Waals surface area contributed by atoms with Gasteiger partial charge in [0, 0.05) is 34.4 Å². The van der Waals surface area contributed by atoms with E-state index in [4.69, 9.17) is 0 Å². The number of nitrogens with one attached hydrogen (secondary N) is 1. The Morgan fingerprint density at radius 2 is 1.95 bits per heavy atom. The molecule has 19 heavy (non-hydrogen) atoms. The molecule has 1 aromatic carbocycles. The highest BCUT2D eigenvalue weighted by Crippen LogP contribution is 2.38. The Bertz CT molecular complexity index is 399. The molecule has 0 unspecified atom stereocenters. The van der Waals surface area contributed by atoms with Crippen molar-refractivity contribution in [3.05, 3.63) is 24.3 Å². The minimum Gasteiger partial charge on any atom is -0.396 e. The Hall–Kier alpha value is -0.670. The topological polar surface area (TPSA) is 32.3 Å². The molecular weight excluding hydrogens is 254 g/mol. The summed E-state index contributed by atoms with van der Waals surface area (Å²) in [6, 6.07) is 8.54. The fraction of sp³-hybridized carbons (Fsp3) is 0.625. The summed E-state index contributed by atoms with van der Waals surface area (Å²) in [4.78, 5) is 1.35. The molecule has 2 N–H and O–H groups in total. The molecule has 1 saturated carbocycles. The standard InChI is InChI=1S/C16H25NOS/c1-16(2,12-18)11-17-14-9-5-6-10-15(14)19-13-7-3-4-8-13/h5-6,9-10,13,17-18H,3-4,7-8,11-12H2,1-2H3. The zero-order chi connectivity index (χ0) is 13.7. The highest BCUT2D eigenvalue weighted by molar-refractivity contribution is 8.00. The van der Waals surface area contributed by atoms with Crippen molar-refractivity contribution in [2.24, 2.45) is 5.41 Å². The lowest BCUT2D eigenvalue weighted by atomic mass is 9.95. The Morgan fingerprint density at radius 1 is 1.26 bits per heavy atom. The van der Waals surface area contributed by atoms with Crippen LogP contribution in [0.2, 0.25) is 0 Å². The van der Waals surface area contributed by atoms with E-state index < -0.39 is 0 Å². The van der Waals surface area contributed by atoms with Crippen LogP contribution in [0.25, 0.3) is 0 Å². The van der Waals surface area contributed by atoms with E-state index in [1.54, 1.807) is 0 Å². The smallest absolute Gasteiger partial charge is 0.0498 e. The minimum absolute atomic E-state index is 0.0782. The van der Waals surface area contributed by atoms with Gasteiger partial charge >= 0.3 is 0 Å². The molecule has 0 heterocycles. The van der Waals surface area contributed by atoms with E-state index in [2.05, 4.69) is 43.4 Å². The molecule has 1 aromatic rings. The monoisotopic (exact) mass is 279 g/mol. The van der Waals surface area contributed by atoms with Crippen LogP contribution in [0.1, 0.15) is 39.5 Å². The highest BCUT2D eigenvalue weighted by Gasteiger charge is 2.19. The Labute approximate surface area is 121 Å². The van der Waals surface area contributed by atoms with E-state index in [9.17, 15) is 5.11 Å². The molecule has 0 bridgehead atoms. The van der Waals surface area contributed by atoms with Crippen LogP contribution in [0.4, 0.5) is 5.69 Å². The summed E-state index contributed by atoms with van der Waals surface area (Å²) in [5.41, 5.74) is 1.13. The van der Waals surface area contributed by atoms with Crippen LogP contribution < -0.4 is 5.32 Å². The molecule has 2 rings (SSSR count). The minimum atomic E-state index is -0.0782. The van der Waals surface area contributed by atoms with Gasteiger partial charge in [-0.2, -0.15) is 0 Å². The van der Waals surface area contributed by atoms with Gasteiger partial charge in [0.2, 0.25) is 0 Å². The van der Waals surface area contributed by atoms with E-state index in [0.717, 1.165) is 11.8 Å². The maximum absolute atomic E-state index is 9.33. The molecule has 3 heteroatoms. The molecule has 0 aliphatic heterocycles. The molecule has 106 valence electrons. The van der Waals surface area contributed by atoms with E-state index in [1.165, 1.54) is 36.3 Å². The second-order valence-electron chi connectivity index (χ2n) is 6.20. The first-order valence-electron chi connectivity index (χ1n) is 7.21. The third-order valence-electron chi connectivity index (χ3n) is 3.67. The summed E-state index contributed by atoms with van der Waals surface area (Å²) in [5, 5.41) is 13.6. The van der Waals surface area contributed by atoms with Gasteiger partial charge in [0.25, 0.3) is 0 Å². The third kappa shape index (κ3) is 4.43. The molecule has 0 radical (unpaired) electrons. The van der Waals surface area contributed by atoms with E-state index in [0.29, 0.717) is 0 Å². The van der Waals surface area contributed by atoms with Gasteiger partial charge in [-0.3, -0.25) is 0 Å². The second-order valence-corrected chi connectivity index (χ2v) is 7.54. The van der Waals surface area contributed by atoms with Gasteiger partial charge in [0.15, 0.2) is 0 Å². The molecule has 1 aliphatic carbocycles. The molecule has 0 spiro atoms. The number of thioether (sulfide) groups is 1. The molecule has 1 aliphatic rings. The summed E-state index contributed by atoms with van der Waals surface area (Å²) < 4.78 is 0. The van der Waals surface area contributed by atoms with Gasteiger partial charge in [0.05, 0.1) is 0 Å². The van der Waals surface area contributed by atoms with Crippen LogP contribution >= 0.6 is 11.8 Å². The van der Waals surface area contributed by atoms with Gasteiger partial charge in [-0.05, 0) is 25.0 Å². The first-order valence-corrected chi connectivity index (χ1v) is 8.09. The van der Waals surface area contributed by atoms with Crippen molar-refractivity contribution in [2.45, 2.75) is 49.7 Å². The maximum Gasteiger partial charge on any atom is 0.0498 e. The van der Waals surface area contributed by atoms with Gasteiger partial charge < -0.3 is 10.4 Å². The van der Waals surface area contributed by atoms with Crippen molar-refractivity contribution in [3.63, 3.8) is 0 Å². The van der Waals surface area contributed by atoms with Crippen molar-refractivity contribution in [2.75, 3.05) is 18.5 Å². The summed E-state index contributed by atoms with van der Waals surface area (Å²) in [6.07, 6.45) is 5.46. The summed E-state index contributed by atoms with van der Waals surface area (Å²) in [7, 11) is 0. The Kier molecular flexibility index (Phi) is 5.17. The fourth-order valence-electron chi connectivity index (χ4n) is 2.29. The summed E-state index contributed by atoms with van der Waals surface area (Å²) in [6.45, 7) is 5.16. The molecule has 0 atom stereocenters. The molecule has 0 saturated heterocycles. The number of aliphatic hydroxyl groups excluding tert-OH is 1. The molecular formula is C16H25NOS. The predicted molar refractivity (Wildman–Crippen MR) is 83.9 cm³/mol. The highest BCUT2D eigenvalue weighted by atomic mass is 32.2. The van der Waals surface area contributed by atoms with Crippen LogP contribution in [-0.4, -0.2) is 23.5 Å². The predicted octanol–water partition coefficient (Wildman–Crippen LogP) is 4.15. The lowest BCUT2D eigenvalue weighted by Crippen LogP contribution is -2.26. The second kappa shape index (κ2) is 6.67. The first-order chi connectivity index (χ1) is 9.11. The van der Waals surface area contributed by atoms with Crippen LogP contribution in [0.5, 0.6) is 0 Å². The number of para-hydroxylation sites is 1. The van der Waals surface area contributed by atoms with Gasteiger partial charge in [-0.1, -0.05) is 38.8 Å². The lowest BCUT2D eigenvalue weighted by Gasteiger charge is -2.24. The van der Waals surface area contributed by atoms with E-state index >= 15 is 0 Å². The van der Waals surface area contributed by atoms with Gasteiger partial charge in [-0.15, -0.1) is 11.8 Å². The zero-order valence-corrected chi connectivity index (χ0v) is 12.8. The average molecular weight is 279 g/mol. The van der Waals surface area contributed by atoms with Gasteiger partial charge in [0.1, 0.15) is 0 Å². The zero-order valence-electron chi connectivity index (χ0n) is 12.0. The molecule has 2 nitrogen and oxygen atoms in total. The molecule has 0 amide bonds. The maximum atomic E-state index is 9.33. The van der Waals surface area contributed by atoms with Crippen molar-refractivity contribution in [3.8, 4) is 0 Å². The number of anilines is 1.